The van der Waals surface area contributed by atoms with Gasteiger partial charge in [-0.3, -0.25) is 4.79 Å². The molecule has 0 spiro atoms. The summed E-state index contributed by atoms with van der Waals surface area (Å²) in [5, 5.41) is 0. The molecule has 0 N–H and O–H groups in total. The highest BCUT2D eigenvalue weighted by atomic mass is 16.1. The number of carbonyl (C=O) groups excluding carboxylic acids is 1. The van der Waals surface area contributed by atoms with Crippen LogP contribution in [0, 0.1) is 0 Å². The summed E-state index contributed by atoms with van der Waals surface area (Å²) >= 11 is 0. The summed E-state index contributed by atoms with van der Waals surface area (Å²) in [5.41, 5.74) is 2.09. The molecule has 0 bridgehead atoms. The summed E-state index contributed by atoms with van der Waals surface area (Å²) in [6, 6.07) is 7.73. The minimum atomic E-state index is -0.369. The van der Waals surface area contributed by atoms with Crippen molar-refractivity contribution in [3.05, 3.63) is 35.4 Å². The van der Waals surface area contributed by atoms with E-state index in [1.54, 1.807) is 0 Å². The number of carbonyl (C=O) groups is 1. The zero-order chi connectivity index (χ0) is 9.84. The molecular formula is C11H13BO. The molecule has 1 nitrogen and oxygen atoms in total. The highest BCUT2D eigenvalue weighted by Crippen LogP contribution is 2.26. The average molecular weight is 172 g/mol. The molecule has 0 heterocycles. The van der Waals surface area contributed by atoms with Crippen LogP contribution in [0.4, 0.5) is 0 Å². The molecule has 2 rings (SSSR count). The predicted molar refractivity (Wildman–Crippen MR) is 55.0 cm³/mol. The number of benzene rings is 1. The molecule has 1 atom stereocenters. The molecule has 1 aromatic carbocycles. The normalized spacial score (nSPS) is 18.9. The van der Waals surface area contributed by atoms with Crippen LogP contribution in [0.5, 0.6) is 0 Å². The summed E-state index contributed by atoms with van der Waals surface area (Å²) in [6.45, 7) is 4.00. The minimum absolute atomic E-state index is 0.131. The lowest BCUT2D eigenvalue weighted by molar-refractivity contribution is -0.117. The summed E-state index contributed by atoms with van der Waals surface area (Å²) in [7, 11) is 5.64. The Kier molecular flexibility index (Phi) is 3.29. The van der Waals surface area contributed by atoms with E-state index in [1.165, 1.54) is 0 Å². The maximum Gasteiger partial charge on any atom is 0.135 e. The fourth-order valence-electron chi connectivity index (χ4n) is 1.47. The van der Waals surface area contributed by atoms with E-state index in [-0.39, 0.29) is 11.6 Å². The smallest absolute Gasteiger partial charge is 0.135 e. The van der Waals surface area contributed by atoms with Crippen LogP contribution in [0.15, 0.2) is 24.3 Å². The Morgan fingerprint density at radius 2 is 1.92 bits per heavy atom. The van der Waals surface area contributed by atoms with E-state index in [0.717, 1.165) is 11.1 Å². The Bertz CT molecular complexity index is 307. The lowest BCUT2D eigenvalue weighted by Gasteiger charge is -2.00. The fourth-order valence-corrected chi connectivity index (χ4v) is 1.47. The second-order valence-electron chi connectivity index (χ2n) is 2.82. The molecule has 0 fully saturated rings. The van der Waals surface area contributed by atoms with Crippen molar-refractivity contribution in [2.45, 2.75) is 26.1 Å². The zero-order valence-corrected chi connectivity index (χ0v) is 8.08. The third kappa shape index (κ3) is 1.82. The van der Waals surface area contributed by atoms with Crippen LogP contribution >= 0.6 is 0 Å². The predicted octanol–water partition coefficient (Wildman–Crippen LogP) is 2.05. The van der Waals surface area contributed by atoms with Gasteiger partial charge in [-0.05, 0) is 11.1 Å². The summed E-state index contributed by atoms with van der Waals surface area (Å²) in [5.74, 6) is -0.239. The first-order valence-corrected chi connectivity index (χ1v) is 4.65. The zero-order valence-electron chi connectivity index (χ0n) is 8.08. The molecule has 0 aromatic heterocycles. The number of hydrogen-bond donors (Lipinski definition) is 0. The van der Waals surface area contributed by atoms with Gasteiger partial charge in [0.25, 0.3) is 0 Å². The Hall–Kier alpha value is -1.05. The van der Waals surface area contributed by atoms with E-state index in [9.17, 15) is 4.79 Å². The average Bonchev–Trinajstić information content (AvgIpc) is 2.47. The van der Waals surface area contributed by atoms with Crippen molar-refractivity contribution in [1.82, 2.24) is 0 Å². The number of ketones is 1. The number of Topliss-reactive ketones (excluding diaryl/α,β-unsaturated/α-hetero) is 1. The van der Waals surface area contributed by atoms with Gasteiger partial charge in [0.05, 0.1) is 7.85 Å². The van der Waals surface area contributed by atoms with Gasteiger partial charge in [-0.1, -0.05) is 38.1 Å². The molecule has 13 heavy (non-hydrogen) atoms. The second-order valence-corrected chi connectivity index (χ2v) is 2.82. The molecule has 1 aliphatic carbocycles. The molecule has 0 saturated heterocycles. The summed E-state index contributed by atoms with van der Waals surface area (Å²) < 4.78 is 0. The number of rotatable bonds is 0. The first kappa shape index (κ1) is 10.0. The van der Waals surface area contributed by atoms with Crippen LogP contribution in [0.25, 0.3) is 0 Å². The first-order valence-electron chi connectivity index (χ1n) is 4.65. The fraction of sp³-hybridized carbons (Fsp3) is 0.364. The quantitative estimate of drug-likeness (QED) is 0.547. The van der Waals surface area contributed by atoms with Crippen molar-refractivity contribution >= 4 is 13.6 Å². The van der Waals surface area contributed by atoms with E-state index in [4.69, 9.17) is 7.85 Å². The van der Waals surface area contributed by atoms with Gasteiger partial charge in [0.2, 0.25) is 0 Å². The Balaban J connectivity index is 0.000000396. The summed E-state index contributed by atoms with van der Waals surface area (Å²) in [6.07, 6.45) is 0.511. The Morgan fingerprint density at radius 1 is 1.31 bits per heavy atom. The first-order chi connectivity index (χ1) is 6.29. The van der Waals surface area contributed by atoms with Crippen LogP contribution in [-0.2, 0) is 11.2 Å². The number of hydrogen-bond acceptors (Lipinski definition) is 1. The van der Waals surface area contributed by atoms with Gasteiger partial charge in [0, 0.05) is 12.2 Å². The molecule has 2 radical (unpaired) electrons. The van der Waals surface area contributed by atoms with Crippen LogP contribution < -0.4 is 0 Å². The van der Waals surface area contributed by atoms with E-state index in [2.05, 4.69) is 0 Å². The van der Waals surface area contributed by atoms with Gasteiger partial charge in [0.15, 0.2) is 0 Å². The summed E-state index contributed by atoms with van der Waals surface area (Å²) in [4.78, 5) is 11.1. The minimum Gasteiger partial charge on any atom is -0.300 e. The largest absolute Gasteiger partial charge is 0.300 e. The molecule has 0 amide bonds. The molecule has 1 aliphatic rings. The SMILES string of the molecule is CC.[B]C1C(=O)Cc2ccccc21. The van der Waals surface area contributed by atoms with Crippen LogP contribution in [0.1, 0.15) is 30.8 Å². The van der Waals surface area contributed by atoms with Crippen molar-refractivity contribution in [2.24, 2.45) is 0 Å². The van der Waals surface area contributed by atoms with Gasteiger partial charge >= 0.3 is 0 Å². The lowest BCUT2D eigenvalue weighted by Crippen LogP contribution is -2.04. The van der Waals surface area contributed by atoms with Crippen LogP contribution in [0.3, 0.4) is 0 Å². The third-order valence-corrected chi connectivity index (χ3v) is 2.10. The maximum absolute atomic E-state index is 11.1. The second kappa shape index (κ2) is 4.26. The van der Waals surface area contributed by atoms with E-state index in [1.807, 2.05) is 38.1 Å². The van der Waals surface area contributed by atoms with Gasteiger partial charge < -0.3 is 0 Å². The maximum atomic E-state index is 11.1. The molecule has 0 saturated carbocycles. The van der Waals surface area contributed by atoms with Crippen LogP contribution in [0.2, 0.25) is 0 Å². The van der Waals surface area contributed by atoms with Crippen LogP contribution in [-0.4, -0.2) is 13.6 Å². The molecule has 0 aliphatic heterocycles. The molecular weight excluding hydrogens is 159 g/mol. The van der Waals surface area contributed by atoms with E-state index < -0.39 is 0 Å². The van der Waals surface area contributed by atoms with E-state index in [0.29, 0.717) is 6.42 Å². The Morgan fingerprint density at radius 3 is 2.54 bits per heavy atom. The van der Waals surface area contributed by atoms with Gasteiger partial charge in [-0.2, -0.15) is 0 Å². The van der Waals surface area contributed by atoms with Gasteiger partial charge in [0.1, 0.15) is 5.78 Å². The van der Waals surface area contributed by atoms with Gasteiger partial charge in [-0.15, -0.1) is 0 Å². The van der Waals surface area contributed by atoms with Crippen molar-refractivity contribution in [3.63, 3.8) is 0 Å². The third-order valence-electron chi connectivity index (χ3n) is 2.10. The highest BCUT2D eigenvalue weighted by Gasteiger charge is 2.24. The molecule has 66 valence electrons. The van der Waals surface area contributed by atoms with Crippen molar-refractivity contribution < 1.29 is 4.79 Å². The molecule has 2 heteroatoms. The lowest BCUT2D eigenvalue weighted by atomic mass is 9.82. The highest BCUT2D eigenvalue weighted by molar-refractivity contribution is 6.26. The van der Waals surface area contributed by atoms with Crippen molar-refractivity contribution in [1.29, 1.82) is 0 Å². The molecule has 1 unspecified atom stereocenters. The topological polar surface area (TPSA) is 17.1 Å². The van der Waals surface area contributed by atoms with Gasteiger partial charge in [-0.25, -0.2) is 0 Å². The van der Waals surface area contributed by atoms with E-state index >= 15 is 0 Å². The van der Waals surface area contributed by atoms with Crippen molar-refractivity contribution in [2.75, 3.05) is 0 Å². The standard InChI is InChI=1S/C9H7BO.C2H6/c10-9-7-4-2-1-3-6(7)5-8(9)11;1-2/h1-4,9H,5H2;1-2H3. The monoisotopic (exact) mass is 172 g/mol. The Labute approximate surface area is 80.6 Å². The number of fused-ring (bicyclic) bond motifs is 1. The molecule has 1 aromatic rings. The van der Waals surface area contributed by atoms with Crippen molar-refractivity contribution in [3.8, 4) is 0 Å².